The third-order valence-corrected chi connectivity index (χ3v) is 4.84. The zero-order valence-electron chi connectivity index (χ0n) is 12.4. The fraction of sp³-hybridized carbons (Fsp3) is 0.167. The average molecular weight is 307 g/mol. The van der Waals surface area contributed by atoms with Crippen molar-refractivity contribution in [1.82, 2.24) is 9.38 Å². The molecule has 4 rings (SSSR count). The average Bonchev–Trinajstić information content (AvgIpc) is 3.04. The zero-order chi connectivity index (χ0) is 15.1. The molecule has 0 atom stereocenters. The Balaban J connectivity index is 1.94. The molecule has 0 radical (unpaired) electrons. The van der Waals surface area contributed by atoms with Gasteiger partial charge in [0.2, 0.25) is 0 Å². The molecule has 4 aromatic rings. The molecule has 0 unspecified atom stereocenters. The molecule has 110 valence electrons. The van der Waals surface area contributed by atoms with E-state index in [4.69, 9.17) is 10.7 Å². The summed E-state index contributed by atoms with van der Waals surface area (Å²) in [5, 5.41) is 2.50. The van der Waals surface area contributed by atoms with E-state index < -0.39 is 0 Å². The molecule has 0 aliphatic carbocycles. The lowest BCUT2D eigenvalue weighted by Gasteiger charge is -2.05. The summed E-state index contributed by atoms with van der Waals surface area (Å²) in [6, 6.07) is 14.9. The molecular formula is C18H17N3S. The topological polar surface area (TPSA) is 43.3 Å². The van der Waals surface area contributed by atoms with Crippen LogP contribution < -0.4 is 5.73 Å². The first kappa shape index (κ1) is 13.5. The minimum atomic E-state index is 0.628. The summed E-state index contributed by atoms with van der Waals surface area (Å²) in [7, 11) is 0. The Labute approximate surface area is 133 Å². The van der Waals surface area contributed by atoms with Crippen molar-refractivity contribution in [3.63, 3.8) is 0 Å². The van der Waals surface area contributed by atoms with E-state index in [9.17, 15) is 0 Å². The number of benzene rings is 2. The van der Waals surface area contributed by atoms with Crippen LogP contribution in [0.1, 0.15) is 10.6 Å². The van der Waals surface area contributed by atoms with Crippen LogP contribution in [0.15, 0.2) is 48.7 Å². The highest BCUT2D eigenvalue weighted by Gasteiger charge is 2.15. The number of hydrogen-bond acceptors (Lipinski definition) is 3. The van der Waals surface area contributed by atoms with Crippen molar-refractivity contribution in [2.75, 3.05) is 6.54 Å². The normalized spacial score (nSPS) is 11.5. The van der Waals surface area contributed by atoms with Gasteiger partial charge in [-0.15, -0.1) is 11.3 Å². The van der Waals surface area contributed by atoms with Gasteiger partial charge in [-0.25, -0.2) is 4.98 Å². The molecule has 3 nitrogen and oxygen atoms in total. The Bertz CT molecular complexity index is 965. The van der Waals surface area contributed by atoms with Crippen LogP contribution in [0.5, 0.6) is 0 Å². The Hall–Kier alpha value is -2.17. The summed E-state index contributed by atoms with van der Waals surface area (Å²) in [6.07, 6.45) is 2.99. The SMILES string of the molecule is Cc1cn2c(CCN)c(-c3ccc4ccccc4c3)nc2s1. The predicted molar refractivity (Wildman–Crippen MR) is 93.5 cm³/mol. The molecule has 2 aromatic carbocycles. The molecule has 0 amide bonds. The molecule has 0 spiro atoms. The molecule has 0 aliphatic heterocycles. The smallest absolute Gasteiger partial charge is 0.194 e. The highest BCUT2D eigenvalue weighted by Crippen LogP contribution is 2.30. The second kappa shape index (κ2) is 5.23. The van der Waals surface area contributed by atoms with Crippen molar-refractivity contribution >= 4 is 27.1 Å². The molecular weight excluding hydrogens is 290 g/mol. The molecule has 0 saturated heterocycles. The number of imidazole rings is 1. The fourth-order valence-electron chi connectivity index (χ4n) is 2.94. The zero-order valence-corrected chi connectivity index (χ0v) is 13.2. The maximum Gasteiger partial charge on any atom is 0.194 e. The maximum atomic E-state index is 5.82. The lowest BCUT2D eigenvalue weighted by molar-refractivity contribution is 0.910. The molecule has 0 fully saturated rings. The highest BCUT2D eigenvalue weighted by atomic mass is 32.1. The Morgan fingerprint density at radius 1 is 1.14 bits per heavy atom. The summed E-state index contributed by atoms with van der Waals surface area (Å²) in [4.78, 5) is 7.17. The van der Waals surface area contributed by atoms with Crippen molar-refractivity contribution < 1.29 is 0 Å². The Kier molecular flexibility index (Phi) is 3.21. The van der Waals surface area contributed by atoms with Gasteiger partial charge in [0.05, 0.1) is 11.4 Å². The van der Waals surface area contributed by atoms with Crippen molar-refractivity contribution in [1.29, 1.82) is 0 Å². The van der Waals surface area contributed by atoms with Crippen LogP contribution >= 0.6 is 11.3 Å². The van der Waals surface area contributed by atoms with Crippen molar-refractivity contribution in [2.45, 2.75) is 13.3 Å². The number of fused-ring (bicyclic) bond motifs is 2. The van der Waals surface area contributed by atoms with Crippen LogP contribution in [-0.2, 0) is 6.42 Å². The van der Waals surface area contributed by atoms with Gasteiger partial charge in [-0.05, 0) is 30.3 Å². The molecule has 22 heavy (non-hydrogen) atoms. The third-order valence-electron chi connectivity index (χ3n) is 3.94. The molecule has 0 aliphatic rings. The van der Waals surface area contributed by atoms with Gasteiger partial charge in [0.25, 0.3) is 0 Å². The van der Waals surface area contributed by atoms with Gasteiger partial charge in [-0.2, -0.15) is 0 Å². The van der Waals surface area contributed by atoms with Gasteiger partial charge in [-0.3, -0.25) is 4.40 Å². The van der Waals surface area contributed by atoms with E-state index in [0.717, 1.165) is 22.6 Å². The summed E-state index contributed by atoms with van der Waals surface area (Å²) < 4.78 is 2.19. The second-order valence-corrected chi connectivity index (χ2v) is 6.72. The lowest BCUT2D eigenvalue weighted by Crippen LogP contribution is -2.05. The van der Waals surface area contributed by atoms with Crippen LogP contribution in [0.3, 0.4) is 0 Å². The van der Waals surface area contributed by atoms with E-state index in [2.05, 4.69) is 60.0 Å². The minimum absolute atomic E-state index is 0.628. The summed E-state index contributed by atoms with van der Waals surface area (Å²) >= 11 is 1.72. The number of rotatable bonds is 3. The van der Waals surface area contributed by atoms with Crippen LogP contribution in [0.25, 0.3) is 27.0 Å². The lowest BCUT2D eigenvalue weighted by atomic mass is 10.0. The van der Waals surface area contributed by atoms with Crippen LogP contribution in [0, 0.1) is 6.92 Å². The first-order valence-corrected chi connectivity index (χ1v) is 8.24. The summed E-state index contributed by atoms with van der Waals surface area (Å²) in [6.45, 7) is 2.74. The summed E-state index contributed by atoms with van der Waals surface area (Å²) in [5.41, 5.74) is 9.24. The quantitative estimate of drug-likeness (QED) is 0.621. The molecule has 2 N–H and O–H groups in total. The highest BCUT2D eigenvalue weighted by molar-refractivity contribution is 7.17. The number of thiazole rings is 1. The van der Waals surface area contributed by atoms with Gasteiger partial charge >= 0.3 is 0 Å². The van der Waals surface area contributed by atoms with Crippen molar-refractivity contribution in [3.05, 3.63) is 59.2 Å². The van der Waals surface area contributed by atoms with Crippen LogP contribution in [-0.4, -0.2) is 15.9 Å². The van der Waals surface area contributed by atoms with Crippen molar-refractivity contribution in [3.8, 4) is 11.3 Å². The van der Waals surface area contributed by atoms with E-state index in [1.807, 2.05) is 0 Å². The monoisotopic (exact) mass is 307 g/mol. The number of aromatic nitrogens is 2. The summed E-state index contributed by atoms with van der Waals surface area (Å²) in [5.74, 6) is 0. The van der Waals surface area contributed by atoms with E-state index in [1.165, 1.54) is 21.3 Å². The van der Waals surface area contributed by atoms with E-state index in [0.29, 0.717) is 6.54 Å². The van der Waals surface area contributed by atoms with Crippen LogP contribution in [0.4, 0.5) is 0 Å². The molecule has 4 heteroatoms. The van der Waals surface area contributed by atoms with Gasteiger partial charge in [-0.1, -0.05) is 36.4 Å². The van der Waals surface area contributed by atoms with Gasteiger partial charge in [0.1, 0.15) is 0 Å². The number of nitrogens with two attached hydrogens (primary N) is 1. The first-order valence-electron chi connectivity index (χ1n) is 7.43. The van der Waals surface area contributed by atoms with E-state index in [-0.39, 0.29) is 0 Å². The standard InChI is InChI=1S/C18H17N3S/c1-12-11-21-16(8-9-19)17(20-18(21)22-12)15-7-6-13-4-2-3-5-14(13)10-15/h2-7,10-11H,8-9,19H2,1H3. The molecule has 2 heterocycles. The predicted octanol–water partition coefficient (Wildman–Crippen LogP) is 4.03. The second-order valence-electron chi connectivity index (χ2n) is 5.50. The van der Waals surface area contributed by atoms with E-state index in [1.54, 1.807) is 11.3 Å². The molecule has 0 saturated carbocycles. The van der Waals surface area contributed by atoms with Gasteiger partial charge < -0.3 is 5.73 Å². The number of nitrogens with zero attached hydrogens (tertiary/aromatic N) is 2. The third kappa shape index (κ3) is 2.12. The van der Waals surface area contributed by atoms with Crippen molar-refractivity contribution in [2.24, 2.45) is 5.73 Å². The number of hydrogen-bond donors (Lipinski definition) is 1. The molecule has 2 aromatic heterocycles. The van der Waals surface area contributed by atoms with Crippen LogP contribution in [0.2, 0.25) is 0 Å². The Morgan fingerprint density at radius 3 is 2.77 bits per heavy atom. The molecule has 0 bridgehead atoms. The van der Waals surface area contributed by atoms with Gasteiger partial charge in [0, 0.05) is 23.1 Å². The maximum absolute atomic E-state index is 5.82. The van der Waals surface area contributed by atoms with Gasteiger partial charge in [0.15, 0.2) is 4.96 Å². The fourth-order valence-corrected chi connectivity index (χ4v) is 3.79. The largest absolute Gasteiger partial charge is 0.330 e. The van der Waals surface area contributed by atoms with E-state index >= 15 is 0 Å². The minimum Gasteiger partial charge on any atom is -0.330 e. The first-order chi connectivity index (χ1) is 10.8. The number of aryl methyl sites for hydroxylation is 1. The Morgan fingerprint density at radius 2 is 1.95 bits per heavy atom.